The largest absolute Gasteiger partial charge is 0.493 e. The molecule has 3 rings (SSSR count). The van der Waals surface area contributed by atoms with Crippen molar-refractivity contribution in [3.05, 3.63) is 36.2 Å². The zero-order valence-electron chi connectivity index (χ0n) is 16.6. The zero-order chi connectivity index (χ0) is 19.9. The lowest BCUT2D eigenvalue weighted by Gasteiger charge is -2.28. The number of hydrogen-bond acceptors (Lipinski definition) is 6. The Morgan fingerprint density at radius 3 is 2.46 bits per heavy atom. The number of anilines is 1. The second kappa shape index (κ2) is 9.43. The summed E-state index contributed by atoms with van der Waals surface area (Å²) in [6.45, 7) is 1.63. The Morgan fingerprint density at radius 1 is 1.11 bits per heavy atom. The topological polar surface area (TPSA) is 93.2 Å². The van der Waals surface area contributed by atoms with Crippen molar-refractivity contribution in [2.24, 2.45) is 17.6 Å². The van der Waals surface area contributed by atoms with E-state index in [-0.39, 0.29) is 0 Å². The van der Waals surface area contributed by atoms with Crippen LogP contribution in [0.1, 0.15) is 31.2 Å². The predicted octanol–water partition coefficient (Wildman–Crippen LogP) is 3.81. The number of benzene rings is 1. The summed E-state index contributed by atoms with van der Waals surface area (Å²) in [6, 6.07) is 8.00. The number of methoxy groups -OCH3 is 2. The van der Waals surface area contributed by atoms with Crippen molar-refractivity contribution in [2.75, 3.05) is 32.6 Å². The van der Waals surface area contributed by atoms with Crippen LogP contribution in [0.4, 0.5) is 5.69 Å². The van der Waals surface area contributed by atoms with Gasteiger partial charge in [-0.15, -0.1) is 0 Å². The van der Waals surface area contributed by atoms with Crippen molar-refractivity contribution in [1.29, 1.82) is 5.26 Å². The van der Waals surface area contributed by atoms with Crippen LogP contribution >= 0.6 is 0 Å². The van der Waals surface area contributed by atoms with Gasteiger partial charge in [-0.25, -0.2) is 0 Å². The molecule has 1 saturated carbocycles. The number of aromatic nitrogens is 1. The lowest BCUT2D eigenvalue weighted by Crippen LogP contribution is -2.25. The van der Waals surface area contributed by atoms with Crippen molar-refractivity contribution in [1.82, 2.24) is 4.98 Å². The molecular weight excluding hydrogens is 352 g/mol. The number of rotatable bonds is 7. The van der Waals surface area contributed by atoms with Crippen molar-refractivity contribution in [3.63, 3.8) is 0 Å². The van der Waals surface area contributed by atoms with E-state index in [1.54, 1.807) is 26.6 Å². The minimum atomic E-state index is 0.544. The van der Waals surface area contributed by atoms with Crippen molar-refractivity contribution >= 4 is 5.69 Å². The SMILES string of the molecule is COc1ccc(-c2cncc(C#N)c2NC[C@H]2CC[C@@H](CN)CC2)cc1OC. The molecule has 1 aromatic carbocycles. The monoisotopic (exact) mass is 380 g/mol. The summed E-state index contributed by atoms with van der Waals surface area (Å²) in [5.74, 6) is 2.57. The highest BCUT2D eigenvalue weighted by Gasteiger charge is 2.21. The summed E-state index contributed by atoms with van der Waals surface area (Å²) in [6.07, 6.45) is 8.12. The number of pyridine rings is 1. The molecule has 0 atom stereocenters. The van der Waals surface area contributed by atoms with Crippen LogP contribution in [0.2, 0.25) is 0 Å². The first kappa shape index (κ1) is 20.0. The maximum Gasteiger partial charge on any atom is 0.161 e. The van der Waals surface area contributed by atoms with Crippen molar-refractivity contribution < 1.29 is 9.47 Å². The second-order valence-corrected chi connectivity index (χ2v) is 7.29. The maximum absolute atomic E-state index is 9.59. The minimum absolute atomic E-state index is 0.544. The third kappa shape index (κ3) is 4.37. The first-order valence-corrected chi connectivity index (χ1v) is 9.74. The van der Waals surface area contributed by atoms with E-state index in [2.05, 4.69) is 16.4 Å². The molecule has 0 saturated heterocycles. The molecule has 1 heterocycles. The van der Waals surface area contributed by atoms with Gasteiger partial charge in [0.2, 0.25) is 0 Å². The van der Waals surface area contributed by atoms with Crippen LogP contribution < -0.4 is 20.5 Å². The third-order valence-electron chi connectivity index (χ3n) is 5.63. The van der Waals surface area contributed by atoms with E-state index in [0.717, 1.165) is 29.9 Å². The number of ether oxygens (including phenoxy) is 2. The van der Waals surface area contributed by atoms with Crippen molar-refractivity contribution in [3.8, 4) is 28.7 Å². The van der Waals surface area contributed by atoms with Gasteiger partial charge in [0.25, 0.3) is 0 Å². The second-order valence-electron chi connectivity index (χ2n) is 7.29. The molecule has 0 amide bonds. The molecule has 0 unspecified atom stereocenters. The van der Waals surface area contributed by atoms with Gasteiger partial charge < -0.3 is 20.5 Å². The summed E-state index contributed by atoms with van der Waals surface area (Å²) >= 11 is 0. The van der Waals surface area contributed by atoms with Crippen LogP contribution in [0.25, 0.3) is 11.1 Å². The van der Waals surface area contributed by atoms with Gasteiger partial charge in [0.15, 0.2) is 11.5 Å². The van der Waals surface area contributed by atoms with E-state index >= 15 is 0 Å². The normalized spacial score (nSPS) is 18.9. The van der Waals surface area contributed by atoms with Gasteiger partial charge in [-0.3, -0.25) is 4.98 Å². The van der Waals surface area contributed by atoms with E-state index in [4.69, 9.17) is 15.2 Å². The highest BCUT2D eigenvalue weighted by Crippen LogP contribution is 2.37. The molecule has 1 aromatic heterocycles. The number of nitrogens with one attached hydrogen (secondary N) is 1. The van der Waals surface area contributed by atoms with Gasteiger partial charge >= 0.3 is 0 Å². The lowest BCUT2D eigenvalue weighted by molar-refractivity contribution is 0.289. The standard InChI is InChI=1S/C22H28N4O2/c1-27-20-8-7-17(9-21(20)28-2)19-14-25-13-18(11-24)22(19)26-12-16-5-3-15(10-23)4-6-16/h7-9,13-16H,3-6,10,12,23H2,1-2H3,(H,25,26)/t15-,16+. The number of nitrogens with zero attached hydrogens (tertiary/aromatic N) is 2. The van der Waals surface area contributed by atoms with E-state index < -0.39 is 0 Å². The summed E-state index contributed by atoms with van der Waals surface area (Å²) in [4.78, 5) is 4.26. The summed E-state index contributed by atoms with van der Waals surface area (Å²) in [5.41, 5.74) is 8.98. The van der Waals surface area contributed by atoms with Crippen LogP contribution in [-0.4, -0.2) is 32.3 Å². The van der Waals surface area contributed by atoms with E-state index in [9.17, 15) is 5.26 Å². The van der Waals surface area contributed by atoms with Gasteiger partial charge in [-0.05, 0) is 61.8 Å². The quantitative estimate of drug-likeness (QED) is 0.759. The molecule has 0 aliphatic heterocycles. The number of hydrogen-bond donors (Lipinski definition) is 2. The molecule has 0 radical (unpaired) electrons. The number of nitrogens with two attached hydrogens (primary N) is 1. The van der Waals surface area contributed by atoms with Gasteiger partial charge in [0, 0.05) is 24.5 Å². The van der Waals surface area contributed by atoms with Gasteiger partial charge in [0.1, 0.15) is 6.07 Å². The van der Waals surface area contributed by atoms with Gasteiger partial charge in [-0.2, -0.15) is 5.26 Å². The number of nitriles is 1. The predicted molar refractivity (Wildman–Crippen MR) is 110 cm³/mol. The fourth-order valence-corrected chi connectivity index (χ4v) is 3.88. The molecule has 1 aliphatic rings. The Hall–Kier alpha value is -2.78. The third-order valence-corrected chi connectivity index (χ3v) is 5.63. The highest BCUT2D eigenvalue weighted by molar-refractivity contribution is 5.82. The van der Waals surface area contributed by atoms with E-state index in [0.29, 0.717) is 28.9 Å². The Labute approximate surface area is 166 Å². The Morgan fingerprint density at radius 2 is 1.82 bits per heavy atom. The molecule has 148 valence electrons. The molecular formula is C22H28N4O2. The molecule has 6 nitrogen and oxygen atoms in total. The fourth-order valence-electron chi connectivity index (χ4n) is 3.88. The highest BCUT2D eigenvalue weighted by atomic mass is 16.5. The van der Waals surface area contributed by atoms with Crippen LogP contribution in [0.3, 0.4) is 0 Å². The first-order chi connectivity index (χ1) is 13.7. The molecule has 28 heavy (non-hydrogen) atoms. The maximum atomic E-state index is 9.59. The summed E-state index contributed by atoms with van der Waals surface area (Å²) in [7, 11) is 3.23. The van der Waals surface area contributed by atoms with Crippen LogP contribution in [0, 0.1) is 23.2 Å². The van der Waals surface area contributed by atoms with Gasteiger partial charge in [0.05, 0.1) is 25.5 Å². The molecule has 1 fully saturated rings. The Balaban J connectivity index is 1.84. The summed E-state index contributed by atoms with van der Waals surface area (Å²) in [5, 5.41) is 13.1. The van der Waals surface area contributed by atoms with Crippen LogP contribution in [-0.2, 0) is 0 Å². The Bertz CT molecular complexity index is 839. The molecule has 2 aromatic rings. The lowest BCUT2D eigenvalue weighted by atomic mass is 9.82. The van der Waals surface area contributed by atoms with Gasteiger partial charge in [-0.1, -0.05) is 6.07 Å². The molecule has 0 spiro atoms. The Kier molecular flexibility index (Phi) is 6.72. The van der Waals surface area contributed by atoms with E-state index in [1.165, 1.54) is 25.7 Å². The smallest absolute Gasteiger partial charge is 0.161 e. The summed E-state index contributed by atoms with van der Waals surface area (Å²) < 4.78 is 10.8. The zero-order valence-corrected chi connectivity index (χ0v) is 16.6. The molecule has 3 N–H and O–H groups in total. The fraction of sp³-hybridized carbons (Fsp3) is 0.455. The average Bonchev–Trinajstić information content (AvgIpc) is 2.77. The van der Waals surface area contributed by atoms with Crippen LogP contribution in [0.15, 0.2) is 30.6 Å². The minimum Gasteiger partial charge on any atom is -0.493 e. The molecule has 6 heteroatoms. The van der Waals surface area contributed by atoms with Crippen molar-refractivity contribution in [2.45, 2.75) is 25.7 Å². The first-order valence-electron chi connectivity index (χ1n) is 9.74. The average molecular weight is 380 g/mol. The molecule has 1 aliphatic carbocycles. The van der Waals surface area contributed by atoms with E-state index in [1.807, 2.05) is 18.2 Å². The molecule has 0 bridgehead atoms. The van der Waals surface area contributed by atoms with Crippen LogP contribution in [0.5, 0.6) is 11.5 Å².